The van der Waals surface area contributed by atoms with Crippen molar-refractivity contribution in [3.8, 4) is 0 Å². The Morgan fingerprint density at radius 3 is 2.79 bits per heavy atom. The lowest BCUT2D eigenvalue weighted by molar-refractivity contribution is -0.142. The molecule has 7 nitrogen and oxygen atoms in total. The second-order valence-electron chi connectivity index (χ2n) is 7.04. The Hall–Kier alpha value is -3.26. The van der Waals surface area contributed by atoms with Crippen LogP contribution in [0.2, 0.25) is 0 Å². The minimum absolute atomic E-state index is 0.0744. The van der Waals surface area contributed by atoms with Gasteiger partial charge in [0, 0.05) is 34.5 Å². The Morgan fingerprint density at radius 1 is 1.21 bits per heavy atom. The van der Waals surface area contributed by atoms with Crippen molar-refractivity contribution in [3.63, 3.8) is 0 Å². The van der Waals surface area contributed by atoms with Crippen LogP contribution in [-0.2, 0) is 15.1 Å². The van der Waals surface area contributed by atoms with Gasteiger partial charge in [-0.3, -0.25) is 9.59 Å². The topological polar surface area (TPSA) is 92.0 Å². The molecule has 0 bridgehead atoms. The number of hydrogen-bond acceptors (Lipinski definition) is 5. The summed E-state index contributed by atoms with van der Waals surface area (Å²) in [7, 11) is 0. The molecule has 3 heterocycles. The minimum Gasteiger partial charge on any atom is -0.422 e. The highest BCUT2D eigenvalue weighted by Crippen LogP contribution is 2.47. The van der Waals surface area contributed by atoms with Gasteiger partial charge in [0.2, 0.25) is 5.91 Å². The third-order valence-electron chi connectivity index (χ3n) is 5.31. The third-order valence-corrected chi connectivity index (χ3v) is 5.80. The average molecular weight is 452 g/mol. The number of rotatable bonds is 1. The number of anilines is 1. The van der Waals surface area contributed by atoms with Crippen molar-refractivity contribution in [2.75, 3.05) is 5.32 Å². The number of carbonyl (C=O) groups is 2. The van der Waals surface area contributed by atoms with Gasteiger partial charge in [-0.25, -0.2) is 9.80 Å². The number of halogens is 1. The summed E-state index contributed by atoms with van der Waals surface area (Å²) in [6, 6.07) is 14.2. The van der Waals surface area contributed by atoms with Crippen molar-refractivity contribution < 1.29 is 14.0 Å². The molecule has 1 N–H and O–H groups in total. The summed E-state index contributed by atoms with van der Waals surface area (Å²) >= 11 is 3.43. The minimum atomic E-state index is -1.33. The lowest BCUT2D eigenvalue weighted by Crippen LogP contribution is -2.47. The Labute approximate surface area is 173 Å². The zero-order chi connectivity index (χ0) is 20.3. The highest BCUT2D eigenvalue weighted by atomic mass is 79.9. The van der Waals surface area contributed by atoms with Crippen LogP contribution in [0, 0.1) is 0 Å². The molecule has 1 spiro atoms. The average Bonchev–Trinajstić information content (AvgIpc) is 3.22. The number of benzene rings is 2. The van der Waals surface area contributed by atoms with E-state index in [0.29, 0.717) is 22.5 Å². The van der Waals surface area contributed by atoms with Crippen LogP contribution in [0.3, 0.4) is 0 Å². The van der Waals surface area contributed by atoms with E-state index in [0.717, 1.165) is 9.86 Å². The SMILES string of the molecule is CC(=O)N1N=C(c2cc3ccccc3oc2=O)CC12C(=O)Nc1ccc(Br)cc12. The molecule has 1 unspecified atom stereocenters. The van der Waals surface area contributed by atoms with E-state index in [-0.39, 0.29) is 17.9 Å². The maximum absolute atomic E-state index is 13.1. The molecule has 5 rings (SSSR count). The number of carbonyl (C=O) groups excluding carboxylic acids is 2. The molecule has 0 saturated carbocycles. The molecule has 0 radical (unpaired) electrons. The van der Waals surface area contributed by atoms with Crippen LogP contribution in [0.15, 0.2) is 67.3 Å². The first-order chi connectivity index (χ1) is 13.9. The number of fused-ring (bicyclic) bond motifs is 3. The fraction of sp³-hybridized carbons (Fsp3) is 0.143. The molecule has 29 heavy (non-hydrogen) atoms. The maximum Gasteiger partial charge on any atom is 0.345 e. The van der Waals surface area contributed by atoms with E-state index in [4.69, 9.17) is 4.42 Å². The zero-order valence-corrected chi connectivity index (χ0v) is 16.8. The highest BCUT2D eigenvalue weighted by molar-refractivity contribution is 9.10. The summed E-state index contributed by atoms with van der Waals surface area (Å²) in [5.74, 6) is -0.752. The van der Waals surface area contributed by atoms with Crippen LogP contribution < -0.4 is 10.9 Å². The fourth-order valence-corrected chi connectivity index (χ4v) is 4.37. The molecule has 8 heteroatoms. The lowest BCUT2D eigenvalue weighted by atomic mass is 9.85. The van der Waals surface area contributed by atoms with E-state index >= 15 is 0 Å². The first-order valence-electron chi connectivity index (χ1n) is 8.93. The summed E-state index contributed by atoms with van der Waals surface area (Å²) in [6.45, 7) is 1.35. The summed E-state index contributed by atoms with van der Waals surface area (Å²) < 4.78 is 6.19. The molecule has 1 atom stereocenters. The van der Waals surface area contributed by atoms with Gasteiger partial charge >= 0.3 is 5.63 Å². The van der Waals surface area contributed by atoms with Crippen molar-refractivity contribution in [1.82, 2.24) is 5.01 Å². The van der Waals surface area contributed by atoms with Crippen LogP contribution >= 0.6 is 15.9 Å². The molecule has 0 saturated heterocycles. The number of hydrogen-bond donors (Lipinski definition) is 1. The lowest BCUT2D eigenvalue weighted by Gasteiger charge is -2.29. The molecule has 144 valence electrons. The van der Waals surface area contributed by atoms with Crippen LogP contribution in [-0.4, -0.2) is 22.5 Å². The monoisotopic (exact) mass is 451 g/mol. The van der Waals surface area contributed by atoms with Crippen molar-refractivity contribution >= 4 is 50.1 Å². The van der Waals surface area contributed by atoms with E-state index < -0.39 is 17.1 Å². The van der Waals surface area contributed by atoms with Crippen LogP contribution in [0.25, 0.3) is 11.0 Å². The quantitative estimate of drug-likeness (QED) is 0.574. The predicted octanol–water partition coefficient (Wildman–Crippen LogP) is 3.36. The Kier molecular flexibility index (Phi) is 3.76. The predicted molar refractivity (Wildman–Crippen MR) is 111 cm³/mol. The second kappa shape index (κ2) is 6.12. The van der Waals surface area contributed by atoms with Crippen molar-refractivity contribution in [2.45, 2.75) is 18.9 Å². The van der Waals surface area contributed by atoms with Gasteiger partial charge in [-0.1, -0.05) is 34.1 Å². The van der Waals surface area contributed by atoms with Crippen LogP contribution in [0.1, 0.15) is 24.5 Å². The van der Waals surface area contributed by atoms with Gasteiger partial charge in [0.15, 0.2) is 5.54 Å². The summed E-state index contributed by atoms with van der Waals surface area (Å²) in [4.78, 5) is 38.1. The third kappa shape index (κ3) is 2.49. The van der Waals surface area contributed by atoms with Crippen LogP contribution in [0.4, 0.5) is 5.69 Å². The number of hydrazone groups is 1. The van der Waals surface area contributed by atoms with Gasteiger partial charge in [-0.15, -0.1) is 0 Å². The first-order valence-corrected chi connectivity index (χ1v) is 9.72. The molecule has 1 aromatic heterocycles. The van der Waals surface area contributed by atoms with E-state index in [1.807, 2.05) is 18.2 Å². The number of nitrogens with one attached hydrogen (secondary N) is 1. The summed E-state index contributed by atoms with van der Waals surface area (Å²) in [5, 5.41) is 9.14. The van der Waals surface area contributed by atoms with Gasteiger partial charge < -0.3 is 9.73 Å². The molecular weight excluding hydrogens is 438 g/mol. The first kappa shape index (κ1) is 17.8. The van der Waals surface area contributed by atoms with E-state index in [9.17, 15) is 14.4 Å². The summed E-state index contributed by atoms with van der Waals surface area (Å²) in [6.07, 6.45) is 0.0744. The smallest absolute Gasteiger partial charge is 0.345 e. The Morgan fingerprint density at radius 2 is 2.00 bits per heavy atom. The zero-order valence-electron chi connectivity index (χ0n) is 15.2. The highest BCUT2D eigenvalue weighted by Gasteiger charge is 2.57. The molecular formula is C21H14BrN3O4. The molecule has 2 aliphatic heterocycles. The molecule has 0 fully saturated rings. The van der Waals surface area contributed by atoms with Crippen molar-refractivity contribution in [2.24, 2.45) is 5.10 Å². The standard InChI is InChI=1S/C21H14BrN3O4/c1-11(26)25-21(15-9-13(22)6-7-16(15)23-20(21)28)10-17(24-25)14-8-12-4-2-3-5-18(12)29-19(14)27/h2-9H,10H2,1H3,(H,23,28). The normalized spacial score (nSPS) is 20.1. The number of amides is 2. The largest absolute Gasteiger partial charge is 0.422 e. The molecule has 3 aromatic rings. The number of para-hydroxylation sites is 1. The van der Waals surface area contributed by atoms with Gasteiger partial charge in [-0.2, -0.15) is 5.10 Å². The van der Waals surface area contributed by atoms with Gasteiger partial charge in [0.05, 0.1) is 11.3 Å². The van der Waals surface area contributed by atoms with E-state index in [1.165, 1.54) is 11.9 Å². The maximum atomic E-state index is 13.1. The second-order valence-corrected chi connectivity index (χ2v) is 7.96. The molecule has 0 aliphatic carbocycles. The van der Waals surface area contributed by atoms with Gasteiger partial charge in [0.1, 0.15) is 5.58 Å². The Balaban J connectivity index is 1.70. The van der Waals surface area contributed by atoms with Crippen molar-refractivity contribution in [1.29, 1.82) is 0 Å². The number of nitrogens with zero attached hydrogens (tertiary/aromatic N) is 2. The molecule has 2 amide bonds. The van der Waals surface area contributed by atoms with E-state index in [2.05, 4.69) is 26.3 Å². The Bertz CT molecular complexity index is 1310. The van der Waals surface area contributed by atoms with Crippen molar-refractivity contribution in [3.05, 3.63) is 74.6 Å². The molecule has 2 aromatic carbocycles. The van der Waals surface area contributed by atoms with E-state index in [1.54, 1.807) is 30.3 Å². The van der Waals surface area contributed by atoms with Crippen LogP contribution in [0.5, 0.6) is 0 Å². The van der Waals surface area contributed by atoms with Gasteiger partial charge in [-0.05, 0) is 30.3 Å². The molecule has 2 aliphatic rings. The fourth-order valence-electron chi connectivity index (χ4n) is 4.01. The summed E-state index contributed by atoms with van der Waals surface area (Å²) in [5.41, 5.74) is 0.396. The van der Waals surface area contributed by atoms with Gasteiger partial charge in [0.25, 0.3) is 5.91 Å².